The highest BCUT2D eigenvalue weighted by atomic mass is 16.5. The maximum absolute atomic E-state index is 11.7. The summed E-state index contributed by atoms with van der Waals surface area (Å²) in [5.74, 6) is -0.318. The van der Waals surface area contributed by atoms with Crippen LogP contribution in [-0.4, -0.2) is 24.3 Å². The molecular formula is C16H22N2O4. The van der Waals surface area contributed by atoms with Gasteiger partial charge in [0.1, 0.15) is 5.75 Å². The van der Waals surface area contributed by atoms with Crippen molar-refractivity contribution in [2.24, 2.45) is 5.41 Å². The first-order valence-corrected chi connectivity index (χ1v) is 7.05. The van der Waals surface area contributed by atoms with E-state index in [1.165, 1.54) is 6.92 Å². The predicted molar refractivity (Wildman–Crippen MR) is 83.5 cm³/mol. The molecule has 0 bridgehead atoms. The normalized spacial score (nSPS) is 10.7. The molecule has 0 radical (unpaired) electrons. The fourth-order valence-electron chi connectivity index (χ4n) is 1.54. The zero-order chi connectivity index (χ0) is 16.8. The summed E-state index contributed by atoms with van der Waals surface area (Å²) in [7, 11) is 0. The molecule has 0 saturated carbocycles. The number of carbonyl (C=O) groups is 3. The number of ether oxygens (including phenoxy) is 1. The minimum absolute atomic E-state index is 0.0925. The Morgan fingerprint density at radius 2 is 1.68 bits per heavy atom. The third-order valence-corrected chi connectivity index (χ3v) is 2.70. The number of amides is 2. The second-order valence-corrected chi connectivity index (χ2v) is 5.94. The Hall–Kier alpha value is -2.37. The topological polar surface area (TPSA) is 84.5 Å². The number of anilines is 1. The molecule has 0 unspecified atom stereocenters. The summed E-state index contributed by atoms with van der Waals surface area (Å²) in [4.78, 5) is 34.2. The molecule has 0 atom stereocenters. The van der Waals surface area contributed by atoms with Crippen molar-refractivity contribution in [2.75, 3.05) is 11.9 Å². The minimum atomic E-state index is -0.483. The van der Waals surface area contributed by atoms with Gasteiger partial charge in [-0.05, 0) is 24.3 Å². The molecule has 6 heteroatoms. The molecule has 0 saturated heterocycles. The lowest BCUT2D eigenvalue weighted by molar-refractivity contribution is -0.134. The molecule has 120 valence electrons. The average Bonchev–Trinajstić information content (AvgIpc) is 2.39. The van der Waals surface area contributed by atoms with Crippen LogP contribution in [0, 0.1) is 5.41 Å². The summed E-state index contributed by atoms with van der Waals surface area (Å²) in [5.41, 5.74) is 0.147. The molecule has 1 aromatic carbocycles. The van der Waals surface area contributed by atoms with Gasteiger partial charge in [0.2, 0.25) is 11.8 Å². The Morgan fingerprint density at radius 1 is 1.09 bits per heavy atom. The van der Waals surface area contributed by atoms with Gasteiger partial charge in [0, 0.05) is 24.6 Å². The molecular weight excluding hydrogens is 284 g/mol. The van der Waals surface area contributed by atoms with Crippen LogP contribution in [0.15, 0.2) is 24.3 Å². The zero-order valence-electron chi connectivity index (χ0n) is 13.4. The summed E-state index contributed by atoms with van der Waals surface area (Å²) in [5, 5.41) is 5.30. The van der Waals surface area contributed by atoms with E-state index in [1.54, 1.807) is 45.0 Å². The van der Waals surface area contributed by atoms with Crippen LogP contribution in [0.5, 0.6) is 5.75 Å². The maximum atomic E-state index is 11.7. The van der Waals surface area contributed by atoms with Crippen molar-refractivity contribution < 1.29 is 19.1 Å². The molecule has 0 fully saturated rings. The molecule has 0 aliphatic carbocycles. The average molecular weight is 306 g/mol. The lowest BCUT2D eigenvalue weighted by atomic mass is 9.96. The van der Waals surface area contributed by atoms with Gasteiger partial charge in [-0.2, -0.15) is 0 Å². The smallest absolute Gasteiger partial charge is 0.312 e. The van der Waals surface area contributed by atoms with Gasteiger partial charge in [0.05, 0.1) is 6.42 Å². The van der Waals surface area contributed by atoms with Gasteiger partial charge in [-0.25, -0.2) is 0 Å². The second-order valence-electron chi connectivity index (χ2n) is 5.94. The number of carbonyl (C=O) groups excluding carboxylic acids is 3. The van der Waals surface area contributed by atoms with E-state index in [4.69, 9.17) is 4.74 Å². The largest absolute Gasteiger partial charge is 0.426 e. The first-order chi connectivity index (χ1) is 10.2. The molecule has 0 spiro atoms. The number of rotatable bonds is 5. The monoisotopic (exact) mass is 306 g/mol. The molecule has 1 aromatic rings. The van der Waals surface area contributed by atoms with E-state index < -0.39 is 11.4 Å². The quantitative estimate of drug-likeness (QED) is 0.644. The van der Waals surface area contributed by atoms with E-state index in [9.17, 15) is 14.4 Å². The number of hydrogen-bond donors (Lipinski definition) is 2. The standard InChI is InChI=1S/C16H22N2O4/c1-11(19)18-12-5-7-13(8-6-12)22-14(20)9-10-17-15(21)16(2,3)4/h5-8H,9-10H2,1-4H3,(H,17,21)(H,18,19). The molecule has 0 aliphatic rings. The van der Waals surface area contributed by atoms with Gasteiger partial charge >= 0.3 is 5.97 Å². The van der Waals surface area contributed by atoms with Crippen LogP contribution < -0.4 is 15.4 Å². The van der Waals surface area contributed by atoms with Crippen molar-refractivity contribution in [1.82, 2.24) is 5.32 Å². The van der Waals surface area contributed by atoms with Crippen molar-refractivity contribution >= 4 is 23.5 Å². The molecule has 0 heterocycles. The Bertz CT molecular complexity index is 544. The summed E-state index contributed by atoms with van der Waals surface area (Å²) in [6.45, 7) is 7.06. The third kappa shape index (κ3) is 6.39. The molecule has 22 heavy (non-hydrogen) atoms. The summed E-state index contributed by atoms with van der Waals surface area (Å²) >= 11 is 0. The fourth-order valence-corrected chi connectivity index (χ4v) is 1.54. The maximum Gasteiger partial charge on any atom is 0.312 e. The van der Waals surface area contributed by atoms with Gasteiger partial charge in [-0.3, -0.25) is 14.4 Å². The highest BCUT2D eigenvalue weighted by Crippen LogP contribution is 2.16. The lowest BCUT2D eigenvalue weighted by Gasteiger charge is -2.17. The SMILES string of the molecule is CC(=O)Nc1ccc(OC(=O)CCNC(=O)C(C)(C)C)cc1. The summed E-state index contributed by atoms with van der Waals surface area (Å²) in [6.07, 6.45) is 0.0925. The van der Waals surface area contributed by atoms with Crippen molar-refractivity contribution in [3.8, 4) is 5.75 Å². The highest BCUT2D eigenvalue weighted by Gasteiger charge is 2.20. The van der Waals surface area contributed by atoms with Crippen molar-refractivity contribution in [3.05, 3.63) is 24.3 Å². The van der Waals surface area contributed by atoms with Crippen LogP contribution in [-0.2, 0) is 14.4 Å². The zero-order valence-corrected chi connectivity index (χ0v) is 13.4. The first kappa shape index (κ1) is 17.7. The van der Waals surface area contributed by atoms with Crippen LogP contribution in [0.1, 0.15) is 34.1 Å². The summed E-state index contributed by atoms with van der Waals surface area (Å²) in [6, 6.07) is 6.48. The second kappa shape index (κ2) is 7.59. The number of benzene rings is 1. The number of nitrogens with one attached hydrogen (secondary N) is 2. The molecule has 0 aliphatic heterocycles. The Labute approximate surface area is 130 Å². The Morgan fingerprint density at radius 3 is 2.18 bits per heavy atom. The van der Waals surface area contributed by atoms with Crippen LogP contribution >= 0.6 is 0 Å². The molecule has 0 aromatic heterocycles. The van der Waals surface area contributed by atoms with Crippen LogP contribution in [0.4, 0.5) is 5.69 Å². The van der Waals surface area contributed by atoms with E-state index in [0.29, 0.717) is 11.4 Å². The van der Waals surface area contributed by atoms with Crippen molar-refractivity contribution in [1.29, 1.82) is 0 Å². The predicted octanol–water partition coefficient (Wildman–Crippen LogP) is 2.10. The molecule has 2 N–H and O–H groups in total. The Balaban J connectivity index is 2.39. The highest BCUT2D eigenvalue weighted by molar-refractivity contribution is 5.88. The fraction of sp³-hybridized carbons (Fsp3) is 0.438. The van der Waals surface area contributed by atoms with Gasteiger partial charge in [-0.15, -0.1) is 0 Å². The Kier molecular flexibility index (Phi) is 6.10. The van der Waals surface area contributed by atoms with Crippen LogP contribution in [0.3, 0.4) is 0 Å². The van der Waals surface area contributed by atoms with E-state index in [1.807, 2.05) is 0 Å². The third-order valence-electron chi connectivity index (χ3n) is 2.70. The van der Waals surface area contributed by atoms with Gasteiger partial charge in [0.25, 0.3) is 0 Å². The summed E-state index contributed by atoms with van der Waals surface area (Å²) < 4.78 is 5.14. The van der Waals surface area contributed by atoms with E-state index >= 15 is 0 Å². The molecule has 6 nitrogen and oxygen atoms in total. The number of hydrogen-bond acceptors (Lipinski definition) is 4. The van der Waals surface area contributed by atoms with Crippen molar-refractivity contribution in [2.45, 2.75) is 34.1 Å². The lowest BCUT2D eigenvalue weighted by Crippen LogP contribution is -2.36. The van der Waals surface area contributed by atoms with Gasteiger partial charge in [-0.1, -0.05) is 20.8 Å². The van der Waals surface area contributed by atoms with Crippen LogP contribution in [0.2, 0.25) is 0 Å². The van der Waals surface area contributed by atoms with E-state index in [-0.39, 0.29) is 24.8 Å². The van der Waals surface area contributed by atoms with Gasteiger partial charge in [0.15, 0.2) is 0 Å². The van der Waals surface area contributed by atoms with Gasteiger partial charge < -0.3 is 15.4 Å². The molecule has 2 amide bonds. The minimum Gasteiger partial charge on any atom is -0.426 e. The molecule has 1 rings (SSSR count). The number of esters is 1. The van der Waals surface area contributed by atoms with E-state index in [0.717, 1.165) is 0 Å². The van der Waals surface area contributed by atoms with Crippen LogP contribution in [0.25, 0.3) is 0 Å². The first-order valence-electron chi connectivity index (χ1n) is 7.05. The van der Waals surface area contributed by atoms with E-state index in [2.05, 4.69) is 10.6 Å². The van der Waals surface area contributed by atoms with Crippen molar-refractivity contribution in [3.63, 3.8) is 0 Å².